The zero-order valence-corrected chi connectivity index (χ0v) is 16.9. The third-order valence-corrected chi connectivity index (χ3v) is 6.47. The van der Waals surface area contributed by atoms with Gasteiger partial charge in [-0.3, -0.25) is 4.79 Å². The Labute approximate surface area is 170 Å². The molecule has 30 heavy (non-hydrogen) atoms. The molecule has 0 atom stereocenters. The summed E-state index contributed by atoms with van der Waals surface area (Å²) in [6.07, 6.45) is 0. The molecule has 0 aliphatic heterocycles. The molecule has 0 bridgehead atoms. The summed E-state index contributed by atoms with van der Waals surface area (Å²) < 4.78 is 32.9. The van der Waals surface area contributed by atoms with E-state index in [2.05, 4.69) is 15.3 Å². The van der Waals surface area contributed by atoms with Crippen LogP contribution in [0.25, 0.3) is 16.6 Å². The number of aliphatic hydroxyl groups excluding tert-OH is 1. The number of phenolic OH excluding ortho intramolecular Hbond substituents is 1. The van der Waals surface area contributed by atoms with Crippen LogP contribution in [0.5, 0.6) is 11.5 Å². The summed E-state index contributed by atoms with van der Waals surface area (Å²) in [5.74, 6) is -0.290. The second-order valence-electron chi connectivity index (χ2n) is 6.79. The Hall–Kier alpha value is -3.44. The predicted molar refractivity (Wildman–Crippen MR) is 107 cm³/mol. The van der Waals surface area contributed by atoms with Gasteiger partial charge in [-0.1, -0.05) is 22.9 Å². The Kier molecular flexibility index (Phi) is 4.71. The lowest BCUT2D eigenvalue weighted by atomic mass is 10.2. The summed E-state index contributed by atoms with van der Waals surface area (Å²) in [5.41, 5.74) is 0.916. The average Bonchev–Trinajstić information content (AvgIpc) is 3.11. The van der Waals surface area contributed by atoms with Crippen molar-refractivity contribution in [2.75, 3.05) is 13.2 Å². The number of hydrogen-bond acceptors (Lipinski definition) is 8. The molecule has 0 fully saturated rings. The van der Waals surface area contributed by atoms with Gasteiger partial charge in [-0.2, -0.15) is 4.52 Å². The predicted octanol–water partition coefficient (Wildman–Crippen LogP) is 1.10. The normalized spacial score (nSPS) is 12.0. The molecule has 2 heterocycles. The van der Waals surface area contributed by atoms with Crippen LogP contribution in [0.1, 0.15) is 11.1 Å². The molecule has 3 N–H and O–H groups in total. The van der Waals surface area contributed by atoms with Gasteiger partial charge in [0.25, 0.3) is 5.56 Å². The molecule has 2 aromatic carbocycles. The number of aryl methyl sites for hydroxylation is 2. The maximum absolute atomic E-state index is 13.2. The smallest absolute Gasteiger partial charge is 0.259 e. The van der Waals surface area contributed by atoms with Crippen molar-refractivity contribution in [1.82, 2.24) is 19.8 Å². The van der Waals surface area contributed by atoms with Crippen LogP contribution in [0.3, 0.4) is 0 Å². The minimum Gasteiger partial charge on any atom is -0.504 e. The van der Waals surface area contributed by atoms with Crippen molar-refractivity contribution in [2.45, 2.75) is 23.8 Å². The van der Waals surface area contributed by atoms with Crippen molar-refractivity contribution >= 4 is 26.4 Å². The summed E-state index contributed by atoms with van der Waals surface area (Å²) >= 11 is 0. The number of sulfone groups is 1. The first-order valence-electron chi connectivity index (χ1n) is 8.94. The lowest BCUT2D eigenvalue weighted by Crippen LogP contribution is -2.13. The highest BCUT2D eigenvalue weighted by Gasteiger charge is 2.28. The average molecular weight is 430 g/mol. The van der Waals surface area contributed by atoms with E-state index in [4.69, 9.17) is 9.84 Å². The quantitative estimate of drug-likeness (QED) is 0.426. The van der Waals surface area contributed by atoms with Crippen LogP contribution in [-0.4, -0.2) is 51.7 Å². The molecule has 156 valence electrons. The Morgan fingerprint density at radius 3 is 2.67 bits per heavy atom. The maximum Gasteiger partial charge on any atom is 0.259 e. The van der Waals surface area contributed by atoms with Gasteiger partial charge in [-0.05, 0) is 31.5 Å². The van der Waals surface area contributed by atoms with Crippen LogP contribution < -0.4 is 10.3 Å². The number of nitrogens with zero attached hydrogens (tertiary/aromatic N) is 3. The van der Waals surface area contributed by atoms with E-state index in [0.717, 1.165) is 5.56 Å². The topological polar surface area (TPSA) is 147 Å². The number of rotatable bonds is 5. The van der Waals surface area contributed by atoms with E-state index in [1.807, 2.05) is 6.92 Å². The summed E-state index contributed by atoms with van der Waals surface area (Å²) in [7, 11) is -4.07. The fraction of sp³-hybridized carbons (Fsp3) is 0.211. The standard InChI is InChI=1S/C19H18N4O6S/c1-10-3-4-16(11(2)7-10)30(27,28)19-17-20-18(26)12-8-14(25)15(29-6-5-24)9-13(12)23(17)22-21-19/h3-4,7-9,24-25H,5-6H2,1-2H3,(H,20,26). The molecule has 0 amide bonds. The summed E-state index contributed by atoms with van der Waals surface area (Å²) in [6, 6.07) is 7.43. The molecular weight excluding hydrogens is 412 g/mol. The number of ether oxygens (including phenoxy) is 1. The summed E-state index contributed by atoms with van der Waals surface area (Å²) in [4.78, 5) is 15.1. The molecular formula is C19H18N4O6S. The van der Waals surface area contributed by atoms with E-state index in [1.165, 1.54) is 22.7 Å². The molecule has 0 spiro atoms. The third kappa shape index (κ3) is 3.08. The fourth-order valence-corrected chi connectivity index (χ4v) is 4.76. The molecule has 0 aliphatic rings. The molecule has 2 aromatic heterocycles. The third-order valence-electron chi connectivity index (χ3n) is 4.64. The number of aromatic nitrogens is 4. The van der Waals surface area contributed by atoms with Crippen molar-refractivity contribution in [2.24, 2.45) is 0 Å². The second-order valence-corrected chi connectivity index (χ2v) is 8.62. The van der Waals surface area contributed by atoms with Gasteiger partial charge in [-0.15, -0.1) is 5.10 Å². The largest absolute Gasteiger partial charge is 0.504 e. The highest BCUT2D eigenvalue weighted by atomic mass is 32.2. The number of benzene rings is 2. The molecule has 0 saturated carbocycles. The first-order chi connectivity index (χ1) is 14.2. The zero-order chi connectivity index (χ0) is 21.6. The lowest BCUT2D eigenvalue weighted by Gasteiger charge is -2.09. The summed E-state index contributed by atoms with van der Waals surface area (Å²) in [6.45, 7) is 3.18. The molecule has 4 rings (SSSR count). The fourth-order valence-electron chi connectivity index (χ4n) is 3.29. The maximum atomic E-state index is 13.2. The first kappa shape index (κ1) is 19.9. The van der Waals surface area contributed by atoms with E-state index in [1.54, 1.807) is 19.1 Å². The van der Waals surface area contributed by atoms with Crippen LogP contribution in [0.2, 0.25) is 0 Å². The van der Waals surface area contributed by atoms with Gasteiger partial charge in [0.15, 0.2) is 17.1 Å². The van der Waals surface area contributed by atoms with Gasteiger partial charge in [-0.25, -0.2) is 8.42 Å². The SMILES string of the molecule is Cc1ccc(S(=O)(=O)c2nnn3c2[nH]c(=O)c2cc(O)c(OCCO)cc23)c(C)c1. The number of aromatic amines is 1. The van der Waals surface area contributed by atoms with Crippen molar-refractivity contribution in [1.29, 1.82) is 0 Å². The van der Waals surface area contributed by atoms with Gasteiger partial charge in [0.2, 0.25) is 14.9 Å². The van der Waals surface area contributed by atoms with E-state index < -0.39 is 15.4 Å². The van der Waals surface area contributed by atoms with Gasteiger partial charge in [0.05, 0.1) is 22.4 Å². The lowest BCUT2D eigenvalue weighted by molar-refractivity contribution is 0.197. The number of fused-ring (bicyclic) bond motifs is 3. The number of aliphatic hydroxyl groups is 1. The summed E-state index contributed by atoms with van der Waals surface area (Å²) in [5, 5.41) is 26.4. The molecule has 4 aromatic rings. The molecule has 0 radical (unpaired) electrons. The van der Waals surface area contributed by atoms with Crippen molar-refractivity contribution in [3.63, 3.8) is 0 Å². The Bertz CT molecular complexity index is 1460. The first-order valence-corrected chi connectivity index (χ1v) is 10.4. The van der Waals surface area contributed by atoms with Crippen LogP contribution in [0.4, 0.5) is 0 Å². The van der Waals surface area contributed by atoms with Gasteiger partial charge < -0.3 is 19.9 Å². The zero-order valence-electron chi connectivity index (χ0n) is 16.1. The van der Waals surface area contributed by atoms with Gasteiger partial charge in [0.1, 0.15) is 6.61 Å². The van der Waals surface area contributed by atoms with Crippen LogP contribution in [0.15, 0.2) is 45.0 Å². The number of hydrogen-bond donors (Lipinski definition) is 3. The van der Waals surface area contributed by atoms with E-state index in [9.17, 15) is 18.3 Å². The molecule has 10 nitrogen and oxygen atoms in total. The second kappa shape index (κ2) is 7.11. The molecule has 0 unspecified atom stereocenters. The molecule has 0 saturated heterocycles. The Balaban J connectivity index is 1.98. The minimum atomic E-state index is -4.07. The molecule has 0 aliphatic carbocycles. The van der Waals surface area contributed by atoms with Crippen LogP contribution >= 0.6 is 0 Å². The van der Waals surface area contributed by atoms with E-state index in [0.29, 0.717) is 5.56 Å². The highest BCUT2D eigenvalue weighted by Crippen LogP contribution is 2.31. The monoisotopic (exact) mass is 430 g/mol. The Morgan fingerprint density at radius 1 is 1.20 bits per heavy atom. The minimum absolute atomic E-state index is 0.0118. The highest BCUT2D eigenvalue weighted by molar-refractivity contribution is 7.91. The van der Waals surface area contributed by atoms with Crippen LogP contribution in [0, 0.1) is 13.8 Å². The van der Waals surface area contributed by atoms with Crippen molar-refractivity contribution < 1.29 is 23.4 Å². The number of phenols is 1. The number of aromatic hydroxyl groups is 1. The van der Waals surface area contributed by atoms with E-state index in [-0.39, 0.29) is 51.2 Å². The molecule has 11 heteroatoms. The van der Waals surface area contributed by atoms with Crippen LogP contribution in [-0.2, 0) is 9.84 Å². The number of nitrogens with one attached hydrogen (secondary N) is 1. The van der Waals surface area contributed by atoms with Gasteiger partial charge in [0, 0.05) is 6.07 Å². The van der Waals surface area contributed by atoms with Crippen molar-refractivity contribution in [3.05, 3.63) is 51.8 Å². The van der Waals surface area contributed by atoms with Gasteiger partial charge >= 0.3 is 0 Å². The number of H-pyrrole nitrogens is 1. The van der Waals surface area contributed by atoms with Crippen molar-refractivity contribution in [3.8, 4) is 11.5 Å². The Morgan fingerprint density at radius 2 is 1.97 bits per heavy atom. The van der Waals surface area contributed by atoms with E-state index >= 15 is 0 Å².